The Bertz CT molecular complexity index is 1140. The molecule has 34 heavy (non-hydrogen) atoms. The predicted octanol–water partition coefficient (Wildman–Crippen LogP) is 0.802. The van der Waals surface area contributed by atoms with Crippen LogP contribution in [0.15, 0.2) is 41.0 Å². The molecule has 2 fully saturated rings. The minimum Gasteiger partial charge on any atom is -0.486 e. The molecule has 178 valence electrons. The zero-order chi connectivity index (χ0) is 23.9. The fraction of sp³-hybridized carbons (Fsp3) is 0.391. The summed E-state index contributed by atoms with van der Waals surface area (Å²) in [5.41, 5.74) is -0.795. The van der Waals surface area contributed by atoms with Crippen LogP contribution in [0.1, 0.15) is 23.0 Å². The molecule has 0 radical (unpaired) electrons. The van der Waals surface area contributed by atoms with Gasteiger partial charge in [0.2, 0.25) is 5.91 Å². The predicted molar refractivity (Wildman–Crippen MR) is 116 cm³/mol. The molecule has 1 aromatic carbocycles. The molecule has 11 heteroatoms. The summed E-state index contributed by atoms with van der Waals surface area (Å²) in [6, 6.07) is 7.67. The molecule has 3 aliphatic rings. The molecule has 0 spiro atoms. The van der Waals surface area contributed by atoms with Crippen LogP contribution < -0.4 is 14.8 Å². The third-order valence-electron chi connectivity index (χ3n) is 6.34. The van der Waals surface area contributed by atoms with E-state index in [1.165, 1.54) is 6.26 Å². The van der Waals surface area contributed by atoms with Crippen molar-refractivity contribution in [3.63, 3.8) is 0 Å². The molecule has 2 saturated heterocycles. The number of imide groups is 1. The maximum absolute atomic E-state index is 13.2. The first-order valence-electron chi connectivity index (χ1n) is 11.0. The zero-order valence-corrected chi connectivity index (χ0v) is 18.6. The number of hydrogen-bond acceptors (Lipinski definition) is 7. The van der Waals surface area contributed by atoms with E-state index in [4.69, 9.17) is 13.9 Å². The van der Waals surface area contributed by atoms with Crippen molar-refractivity contribution in [3.05, 3.63) is 47.9 Å². The maximum atomic E-state index is 13.2. The van der Waals surface area contributed by atoms with Crippen LogP contribution in [-0.4, -0.2) is 84.4 Å². The van der Waals surface area contributed by atoms with Crippen LogP contribution in [0.25, 0.3) is 0 Å². The lowest BCUT2D eigenvalue weighted by Gasteiger charge is -2.34. The molecular formula is C23H24N4O7. The van der Waals surface area contributed by atoms with Crippen molar-refractivity contribution in [2.75, 3.05) is 45.9 Å². The van der Waals surface area contributed by atoms with Gasteiger partial charge in [0.25, 0.3) is 11.8 Å². The quantitative estimate of drug-likeness (QED) is 0.659. The van der Waals surface area contributed by atoms with Crippen LogP contribution in [-0.2, 0) is 15.1 Å². The minimum absolute atomic E-state index is 0.235. The SMILES string of the molecule is C[C@]1(c2ccc3c(c2)OCCO3)NC(=O)N(CC(=O)N2CCN(C(=O)c3ccco3)CC2)C1=O. The summed E-state index contributed by atoms with van der Waals surface area (Å²) in [5, 5.41) is 2.71. The number of rotatable bonds is 4. The standard InChI is InChI=1S/C23H24N4O7/c1-23(15-4-5-16-18(13-15)34-12-11-33-16)21(30)27(22(31)24-23)14-19(28)25-6-8-26(9-7-25)20(29)17-3-2-10-32-17/h2-5,10,13H,6-9,11-12,14H2,1H3,(H,24,31)/t23-/m1/s1. The van der Waals surface area contributed by atoms with Gasteiger partial charge in [0.05, 0.1) is 6.26 Å². The van der Waals surface area contributed by atoms with E-state index in [2.05, 4.69) is 5.32 Å². The Morgan fingerprint density at radius 1 is 1.00 bits per heavy atom. The van der Waals surface area contributed by atoms with E-state index in [0.717, 1.165) is 4.90 Å². The van der Waals surface area contributed by atoms with Gasteiger partial charge < -0.3 is 29.0 Å². The Hall–Kier alpha value is -4.02. The van der Waals surface area contributed by atoms with Crippen LogP contribution in [0.3, 0.4) is 0 Å². The van der Waals surface area contributed by atoms with Crippen LogP contribution in [0.4, 0.5) is 4.79 Å². The highest BCUT2D eigenvalue weighted by molar-refractivity contribution is 6.09. The van der Waals surface area contributed by atoms with E-state index < -0.39 is 17.5 Å². The van der Waals surface area contributed by atoms with Crippen LogP contribution in [0.2, 0.25) is 0 Å². The molecular weight excluding hydrogens is 444 g/mol. The molecule has 3 aliphatic heterocycles. The number of hydrogen-bond donors (Lipinski definition) is 1. The van der Waals surface area contributed by atoms with Gasteiger partial charge in [-0.1, -0.05) is 6.07 Å². The molecule has 0 saturated carbocycles. The number of furan rings is 1. The summed E-state index contributed by atoms with van der Waals surface area (Å²) >= 11 is 0. The van der Waals surface area contributed by atoms with Crippen LogP contribution in [0, 0.1) is 0 Å². The number of carbonyl (C=O) groups excluding carboxylic acids is 4. The van der Waals surface area contributed by atoms with E-state index in [1.54, 1.807) is 47.1 Å². The number of ether oxygens (including phenoxy) is 2. The molecule has 1 N–H and O–H groups in total. The molecule has 11 nitrogen and oxygen atoms in total. The summed E-state index contributed by atoms with van der Waals surface area (Å²) in [6.45, 7) is 3.33. The number of piperazine rings is 1. The Kier molecular flexibility index (Phi) is 5.39. The molecule has 0 aliphatic carbocycles. The third-order valence-corrected chi connectivity index (χ3v) is 6.34. The number of urea groups is 1. The summed E-state index contributed by atoms with van der Waals surface area (Å²) in [4.78, 5) is 55.3. The summed E-state index contributed by atoms with van der Waals surface area (Å²) < 4.78 is 16.3. The first-order chi connectivity index (χ1) is 16.4. The molecule has 4 heterocycles. The van der Waals surface area contributed by atoms with Gasteiger partial charge in [-0.2, -0.15) is 0 Å². The summed E-state index contributed by atoms with van der Waals surface area (Å²) in [6.07, 6.45) is 1.43. The second-order valence-corrected chi connectivity index (χ2v) is 8.46. The van der Waals surface area contributed by atoms with Crippen molar-refractivity contribution in [1.29, 1.82) is 0 Å². The van der Waals surface area contributed by atoms with E-state index in [0.29, 0.717) is 56.5 Å². The second kappa shape index (κ2) is 8.40. The van der Waals surface area contributed by atoms with Crippen molar-refractivity contribution < 1.29 is 33.1 Å². The average molecular weight is 468 g/mol. The molecule has 5 rings (SSSR count). The van der Waals surface area contributed by atoms with Gasteiger partial charge in [-0.25, -0.2) is 4.79 Å². The highest BCUT2D eigenvalue weighted by atomic mass is 16.6. The number of fused-ring (bicyclic) bond motifs is 1. The van der Waals surface area contributed by atoms with Gasteiger partial charge in [-0.15, -0.1) is 0 Å². The van der Waals surface area contributed by atoms with E-state index in [-0.39, 0.29) is 24.1 Å². The minimum atomic E-state index is -1.33. The van der Waals surface area contributed by atoms with Gasteiger partial charge in [0, 0.05) is 26.2 Å². The highest BCUT2D eigenvalue weighted by Gasteiger charge is 2.50. The smallest absolute Gasteiger partial charge is 0.325 e. The van der Waals surface area contributed by atoms with E-state index in [1.807, 2.05) is 0 Å². The van der Waals surface area contributed by atoms with Gasteiger partial charge in [-0.3, -0.25) is 19.3 Å². The second-order valence-electron chi connectivity index (χ2n) is 8.46. The topological polar surface area (TPSA) is 122 Å². The van der Waals surface area contributed by atoms with Crippen molar-refractivity contribution in [2.24, 2.45) is 0 Å². The number of amides is 5. The number of nitrogens with zero attached hydrogens (tertiary/aromatic N) is 3. The first-order valence-corrected chi connectivity index (χ1v) is 11.0. The molecule has 2 aromatic rings. The van der Waals surface area contributed by atoms with Gasteiger partial charge >= 0.3 is 6.03 Å². The molecule has 0 bridgehead atoms. The van der Waals surface area contributed by atoms with Crippen LogP contribution >= 0.6 is 0 Å². The monoisotopic (exact) mass is 468 g/mol. The molecule has 0 unspecified atom stereocenters. The first kappa shape index (κ1) is 21.8. The molecule has 1 aromatic heterocycles. The lowest BCUT2D eigenvalue weighted by Crippen LogP contribution is -2.53. The Labute approximate surface area is 195 Å². The Balaban J connectivity index is 1.23. The summed E-state index contributed by atoms with van der Waals surface area (Å²) in [5.74, 6) is 0.212. The van der Waals surface area contributed by atoms with Crippen molar-refractivity contribution in [1.82, 2.24) is 20.0 Å². The summed E-state index contributed by atoms with van der Waals surface area (Å²) in [7, 11) is 0. The fourth-order valence-corrected chi connectivity index (χ4v) is 4.34. The third kappa shape index (κ3) is 3.72. The number of nitrogens with one attached hydrogen (secondary N) is 1. The average Bonchev–Trinajstić information content (AvgIpc) is 3.47. The lowest BCUT2D eigenvalue weighted by molar-refractivity contribution is -0.139. The maximum Gasteiger partial charge on any atom is 0.325 e. The van der Waals surface area contributed by atoms with Gasteiger partial charge in [-0.05, 0) is 36.8 Å². The van der Waals surface area contributed by atoms with E-state index in [9.17, 15) is 19.2 Å². The number of carbonyl (C=O) groups is 4. The van der Waals surface area contributed by atoms with E-state index >= 15 is 0 Å². The van der Waals surface area contributed by atoms with Gasteiger partial charge in [0.1, 0.15) is 25.3 Å². The lowest BCUT2D eigenvalue weighted by atomic mass is 9.91. The van der Waals surface area contributed by atoms with Crippen molar-refractivity contribution >= 4 is 23.8 Å². The Morgan fingerprint density at radius 3 is 2.41 bits per heavy atom. The van der Waals surface area contributed by atoms with Gasteiger partial charge in [0.15, 0.2) is 17.3 Å². The van der Waals surface area contributed by atoms with Crippen LogP contribution in [0.5, 0.6) is 11.5 Å². The van der Waals surface area contributed by atoms with Crippen molar-refractivity contribution in [3.8, 4) is 11.5 Å². The normalized spacial score (nSPS) is 22.1. The fourth-order valence-electron chi connectivity index (χ4n) is 4.34. The molecule has 5 amide bonds. The molecule has 1 atom stereocenters. The number of benzene rings is 1. The van der Waals surface area contributed by atoms with Crippen molar-refractivity contribution in [2.45, 2.75) is 12.5 Å². The Morgan fingerprint density at radius 2 is 1.71 bits per heavy atom. The zero-order valence-electron chi connectivity index (χ0n) is 18.6. The largest absolute Gasteiger partial charge is 0.486 e. The highest BCUT2D eigenvalue weighted by Crippen LogP contribution is 2.36.